The van der Waals surface area contributed by atoms with E-state index in [-0.39, 0.29) is 23.6 Å². The van der Waals surface area contributed by atoms with Crippen LogP contribution in [0.5, 0.6) is 17.2 Å². The second-order valence-corrected chi connectivity index (χ2v) is 9.44. The summed E-state index contributed by atoms with van der Waals surface area (Å²) in [5, 5.41) is 0. The third kappa shape index (κ3) is 5.05. The Balaban J connectivity index is 1.42. The monoisotopic (exact) mass is 541 g/mol. The van der Waals surface area contributed by atoms with Gasteiger partial charge >= 0.3 is 0 Å². The van der Waals surface area contributed by atoms with E-state index in [0.29, 0.717) is 56.2 Å². The van der Waals surface area contributed by atoms with Crippen LogP contribution < -0.4 is 14.9 Å². The highest BCUT2D eigenvalue weighted by Crippen LogP contribution is 2.31. The minimum Gasteiger partial charge on any atom is -0.495 e. The molecular weight excluding hydrogens is 516 g/mol. The molecule has 0 fully saturated rings. The third-order valence-electron chi connectivity index (χ3n) is 6.64. The molecule has 5 aromatic rings. The molecular formula is C31H25F2N3O4. The summed E-state index contributed by atoms with van der Waals surface area (Å²) in [6, 6.07) is 11.8. The summed E-state index contributed by atoms with van der Waals surface area (Å²) in [6.07, 6.45) is 2.83. The van der Waals surface area contributed by atoms with Gasteiger partial charge in [-0.25, -0.2) is 13.8 Å². The summed E-state index contributed by atoms with van der Waals surface area (Å²) >= 11 is 0. The maximum absolute atomic E-state index is 15.1. The number of ether oxygens (including phenoxy) is 2. The van der Waals surface area contributed by atoms with Gasteiger partial charge in [-0.1, -0.05) is 12.1 Å². The van der Waals surface area contributed by atoms with Gasteiger partial charge in [0.1, 0.15) is 17.1 Å². The fourth-order valence-electron chi connectivity index (χ4n) is 4.67. The normalized spacial score (nSPS) is 11.1. The first kappa shape index (κ1) is 26.7. The van der Waals surface area contributed by atoms with Crippen LogP contribution >= 0.6 is 0 Å². The molecule has 1 N–H and O–H groups in total. The summed E-state index contributed by atoms with van der Waals surface area (Å²) in [7, 11) is 1.52. The number of Topliss-reactive ketones (excluding diaryl/α,β-unsaturated/α-hetero) is 1. The number of benzene rings is 2. The van der Waals surface area contributed by atoms with Crippen molar-refractivity contribution in [3.05, 3.63) is 111 Å². The van der Waals surface area contributed by atoms with Crippen molar-refractivity contribution in [1.82, 2.24) is 15.0 Å². The number of hydrogen-bond donors (Lipinski definition) is 1. The molecule has 7 nitrogen and oxygen atoms in total. The van der Waals surface area contributed by atoms with Crippen LogP contribution in [-0.4, -0.2) is 27.8 Å². The smallest absolute Gasteiger partial charge is 0.200 e. The number of fused-ring (bicyclic) bond motifs is 1. The number of hydrogen-bond acceptors (Lipinski definition) is 6. The molecule has 9 heteroatoms. The molecule has 3 aromatic heterocycles. The van der Waals surface area contributed by atoms with E-state index >= 15 is 4.39 Å². The number of aromatic nitrogens is 3. The van der Waals surface area contributed by atoms with Crippen molar-refractivity contribution in [3.63, 3.8) is 0 Å². The van der Waals surface area contributed by atoms with Gasteiger partial charge in [-0.2, -0.15) is 0 Å². The van der Waals surface area contributed by atoms with Crippen LogP contribution in [0.25, 0.3) is 22.2 Å². The average molecular weight is 542 g/mol. The van der Waals surface area contributed by atoms with Crippen molar-refractivity contribution < 1.29 is 23.0 Å². The Hall–Kier alpha value is -4.92. The minimum absolute atomic E-state index is 0.0203. The predicted molar refractivity (Wildman–Crippen MR) is 147 cm³/mol. The Morgan fingerprint density at radius 1 is 0.925 bits per heavy atom. The average Bonchev–Trinajstić information content (AvgIpc) is 2.91. The molecule has 2 aromatic carbocycles. The number of carbonyl (C=O) groups excluding carboxylic acids is 1. The number of nitrogens with zero attached hydrogens (tertiary/aromatic N) is 2. The van der Waals surface area contributed by atoms with E-state index in [1.165, 1.54) is 43.8 Å². The van der Waals surface area contributed by atoms with Crippen LogP contribution in [0.1, 0.15) is 32.9 Å². The Labute approximate surface area is 228 Å². The first-order valence-electron chi connectivity index (χ1n) is 12.4. The topological polar surface area (TPSA) is 94.2 Å². The summed E-state index contributed by atoms with van der Waals surface area (Å²) in [5.41, 5.74) is 3.01. The van der Waals surface area contributed by atoms with E-state index in [1.54, 1.807) is 45.0 Å². The van der Waals surface area contributed by atoms with Gasteiger partial charge in [0.15, 0.2) is 23.1 Å². The van der Waals surface area contributed by atoms with Crippen LogP contribution in [-0.2, 0) is 6.42 Å². The van der Waals surface area contributed by atoms with Crippen LogP contribution in [0.2, 0.25) is 0 Å². The highest BCUT2D eigenvalue weighted by atomic mass is 19.1. The van der Waals surface area contributed by atoms with E-state index < -0.39 is 17.0 Å². The second kappa shape index (κ2) is 10.7. The lowest BCUT2D eigenvalue weighted by atomic mass is 9.95. The van der Waals surface area contributed by atoms with Gasteiger partial charge < -0.3 is 14.5 Å². The molecule has 5 rings (SSSR count). The summed E-state index contributed by atoms with van der Waals surface area (Å²) in [5.74, 6) is -0.754. The van der Waals surface area contributed by atoms with E-state index in [1.807, 2.05) is 0 Å². The highest BCUT2D eigenvalue weighted by Gasteiger charge is 2.21. The zero-order valence-electron chi connectivity index (χ0n) is 22.3. The lowest BCUT2D eigenvalue weighted by molar-refractivity contribution is 0.0991. The predicted octanol–water partition coefficient (Wildman–Crippen LogP) is 6.41. The fraction of sp³-hybridized carbons (Fsp3) is 0.161. The molecule has 3 heterocycles. The summed E-state index contributed by atoms with van der Waals surface area (Å²) in [4.78, 5) is 38.4. The molecule has 0 spiro atoms. The van der Waals surface area contributed by atoms with Crippen molar-refractivity contribution in [1.29, 1.82) is 0 Å². The molecule has 0 saturated carbocycles. The maximum Gasteiger partial charge on any atom is 0.200 e. The number of aryl methyl sites for hydroxylation is 3. The number of methoxy groups -OCH3 is 1. The van der Waals surface area contributed by atoms with Gasteiger partial charge in [-0.3, -0.25) is 14.6 Å². The van der Waals surface area contributed by atoms with Crippen LogP contribution in [0.3, 0.4) is 0 Å². The molecule has 0 aliphatic carbocycles. The minimum atomic E-state index is -0.680. The number of rotatable bonds is 7. The standard InChI is InChI=1S/C31H25F2N3O4/c1-16-11-20(6-7-22(16)32)28-17(2)36-18(3)29(31(28)38)25(37)13-19-5-8-26(23(33)12-19)40-27-9-10-34-24-14-21(39-4)15-35-30(24)27/h5-12,14-15H,13H2,1-4H3,(H,36,38). The number of halogens is 2. The molecule has 0 radical (unpaired) electrons. The van der Waals surface area contributed by atoms with E-state index in [2.05, 4.69) is 15.0 Å². The van der Waals surface area contributed by atoms with E-state index in [0.717, 1.165) is 0 Å². The van der Waals surface area contributed by atoms with E-state index in [4.69, 9.17) is 9.47 Å². The van der Waals surface area contributed by atoms with Crippen LogP contribution in [0.4, 0.5) is 8.78 Å². The Morgan fingerprint density at radius 2 is 1.73 bits per heavy atom. The molecule has 0 aliphatic rings. The highest BCUT2D eigenvalue weighted by molar-refractivity contribution is 5.99. The van der Waals surface area contributed by atoms with Crippen molar-refractivity contribution in [2.75, 3.05) is 7.11 Å². The van der Waals surface area contributed by atoms with Crippen molar-refractivity contribution in [3.8, 4) is 28.4 Å². The fourth-order valence-corrected chi connectivity index (χ4v) is 4.67. The molecule has 0 amide bonds. The largest absolute Gasteiger partial charge is 0.495 e. The Kier molecular flexibility index (Phi) is 7.13. The van der Waals surface area contributed by atoms with Crippen LogP contribution in [0, 0.1) is 32.4 Å². The lowest BCUT2D eigenvalue weighted by Crippen LogP contribution is -2.23. The van der Waals surface area contributed by atoms with E-state index in [9.17, 15) is 14.0 Å². The zero-order valence-corrected chi connectivity index (χ0v) is 22.3. The molecule has 40 heavy (non-hydrogen) atoms. The number of H-pyrrole nitrogens is 1. The van der Waals surface area contributed by atoms with Crippen molar-refractivity contribution >= 4 is 16.8 Å². The quantitative estimate of drug-likeness (QED) is 0.239. The summed E-state index contributed by atoms with van der Waals surface area (Å²) in [6.45, 7) is 4.97. The molecule has 0 aliphatic heterocycles. The lowest BCUT2D eigenvalue weighted by Gasteiger charge is -2.13. The molecule has 0 unspecified atom stereocenters. The van der Waals surface area contributed by atoms with Gasteiger partial charge in [-0.05, 0) is 61.7 Å². The number of pyridine rings is 3. The summed E-state index contributed by atoms with van der Waals surface area (Å²) < 4.78 is 39.9. The van der Waals surface area contributed by atoms with Crippen molar-refractivity contribution in [2.45, 2.75) is 27.2 Å². The SMILES string of the molecule is COc1cnc2c(Oc3ccc(CC(=O)c4c(C)[nH]c(C)c(-c5ccc(F)c(C)c5)c4=O)cc3F)ccnc2c1. The first-order valence-corrected chi connectivity index (χ1v) is 12.4. The molecule has 0 saturated heterocycles. The first-order chi connectivity index (χ1) is 19.2. The second-order valence-electron chi connectivity index (χ2n) is 9.44. The van der Waals surface area contributed by atoms with Crippen LogP contribution in [0.15, 0.2) is 65.7 Å². The maximum atomic E-state index is 15.1. The van der Waals surface area contributed by atoms with Gasteiger partial charge in [0.05, 0.1) is 24.4 Å². The zero-order chi connectivity index (χ0) is 28.6. The third-order valence-corrected chi connectivity index (χ3v) is 6.64. The number of carbonyl (C=O) groups is 1. The molecule has 0 atom stereocenters. The van der Waals surface area contributed by atoms with Gasteiger partial charge in [0.25, 0.3) is 0 Å². The van der Waals surface area contributed by atoms with Crippen molar-refractivity contribution in [2.24, 2.45) is 0 Å². The molecule has 202 valence electrons. The molecule has 0 bridgehead atoms. The number of ketones is 1. The Bertz CT molecular complexity index is 1850. The number of nitrogens with one attached hydrogen (secondary N) is 1. The number of aromatic amines is 1. The van der Waals surface area contributed by atoms with Gasteiger partial charge in [-0.15, -0.1) is 0 Å². The van der Waals surface area contributed by atoms with Gasteiger partial charge in [0, 0.05) is 41.7 Å². The van der Waals surface area contributed by atoms with Gasteiger partial charge in [0.2, 0.25) is 5.43 Å². The Morgan fingerprint density at radius 3 is 2.45 bits per heavy atom.